The maximum Gasteiger partial charge on any atom is 0.341 e. The lowest BCUT2D eigenvalue weighted by atomic mass is 10.1. The molecule has 7 heteroatoms. The Bertz CT molecular complexity index is 810. The minimum absolute atomic E-state index is 0.0898. The van der Waals surface area contributed by atoms with Crippen molar-refractivity contribution in [2.45, 2.75) is 19.4 Å². The molecule has 1 atom stereocenters. The number of benzene rings is 1. The summed E-state index contributed by atoms with van der Waals surface area (Å²) in [5, 5.41) is 18.4. The zero-order valence-electron chi connectivity index (χ0n) is 12.2. The zero-order valence-corrected chi connectivity index (χ0v) is 12.2. The largest absolute Gasteiger partial charge is 0.480 e. The fraction of sp³-hybridized carbons (Fsp3) is 0.188. The zero-order chi connectivity index (χ0) is 17.1. The second-order valence-electron chi connectivity index (χ2n) is 4.88. The van der Waals surface area contributed by atoms with Crippen LogP contribution in [0.3, 0.4) is 0 Å². The first-order valence-electron chi connectivity index (χ1n) is 6.84. The van der Waals surface area contributed by atoms with E-state index in [9.17, 15) is 23.9 Å². The molecule has 120 valence electrons. The molecule has 2 N–H and O–H groups in total. The van der Waals surface area contributed by atoms with Gasteiger partial charge in [0.1, 0.15) is 17.4 Å². The van der Waals surface area contributed by atoms with E-state index in [2.05, 4.69) is 0 Å². The average Bonchev–Trinajstić information content (AvgIpc) is 2.49. The molecule has 1 heterocycles. The van der Waals surface area contributed by atoms with Gasteiger partial charge in [0.05, 0.1) is 5.69 Å². The van der Waals surface area contributed by atoms with Crippen molar-refractivity contribution >= 4 is 11.9 Å². The van der Waals surface area contributed by atoms with Gasteiger partial charge in [-0.15, -0.1) is 0 Å². The summed E-state index contributed by atoms with van der Waals surface area (Å²) in [6, 6.07) is 6.40. The van der Waals surface area contributed by atoms with Gasteiger partial charge in [-0.2, -0.15) is 0 Å². The number of carbonyl (C=O) groups is 2. The third kappa shape index (κ3) is 3.13. The van der Waals surface area contributed by atoms with E-state index in [0.717, 1.165) is 10.6 Å². The molecule has 6 nitrogen and oxygen atoms in total. The predicted molar refractivity (Wildman–Crippen MR) is 80.0 cm³/mol. The van der Waals surface area contributed by atoms with Crippen LogP contribution in [0, 0.1) is 5.82 Å². The molecular formula is C16H14FNO5. The molecule has 0 radical (unpaired) electrons. The molecule has 0 amide bonds. The maximum atomic E-state index is 13.1. The predicted octanol–water partition coefficient (Wildman–Crippen LogP) is 2.39. The first kappa shape index (κ1) is 16.4. The minimum atomic E-state index is -1.44. The van der Waals surface area contributed by atoms with Crippen molar-refractivity contribution in [3.63, 3.8) is 0 Å². The Labute approximate surface area is 130 Å². The molecule has 1 unspecified atom stereocenters. The Balaban J connectivity index is 2.79. The summed E-state index contributed by atoms with van der Waals surface area (Å²) >= 11 is 0. The average molecular weight is 319 g/mol. The van der Waals surface area contributed by atoms with Crippen LogP contribution in [0.5, 0.6) is 0 Å². The van der Waals surface area contributed by atoms with E-state index in [1.807, 2.05) is 0 Å². The van der Waals surface area contributed by atoms with Gasteiger partial charge in [-0.25, -0.2) is 14.0 Å². The van der Waals surface area contributed by atoms with Gasteiger partial charge < -0.3 is 10.2 Å². The van der Waals surface area contributed by atoms with Gasteiger partial charge in [0.15, 0.2) is 0 Å². The van der Waals surface area contributed by atoms with Crippen LogP contribution in [0.4, 0.5) is 4.39 Å². The Morgan fingerprint density at radius 1 is 1.13 bits per heavy atom. The van der Waals surface area contributed by atoms with Crippen molar-refractivity contribution in [3.8, 4) is 11.3 Å². The summed E-state index contributed by atoms with van der Waals surface area (Å²) in [5.74, 6) is -3.16. The third-order valence-electron chi connectivity index (χ3n) is 3.47. The first-order chi connectivity index (χ1) is 10.9. The molecule has 2 rings (SSSR count). The molecule has 23 heavy (non-hydrogen) atoms. The molecule has 0 saturated heterocycles. The van der Waals surface area contributed by atoms with Crippen LogP contribution in [0.2, 0.25) is 0 Å². The van der Waals surface area contributed by atoms with Gasteiger partial charge in [-0.05, 0) is 48.4 Å². The molecule has 1 aromatic carbocycles. The Morgan fingerprint density at radius 3 is 2.22 bits per heavy atom. The quantitative estimate of drug-likeness (QED) is 0.882. The Morgan fingerprint density at radius 2 is 1.74 bits per heavy atom. The minimum Gasteiger partial charge on any atom is -0.480 e. The van der Waals surface area contributed by atoms with Gasteiger partial charge >= 0.3 is 11.9 Å². The normalized spacial score (nSPS) is 11.9. The van der Waals surface area contributed by atoms with E-state index >= 15 is 0 Å². The number of carboxylic acid groups (broad SMARTS) is 2. The van der Waals surface area contributed by atoms with E-state index in [1.54, 1.807) is 6.92 Å². The Kier molecular flexibility index (Phi) is 4.59. The van der Waals surface area contributed by atoms with Crippen LogP contribution in [0.1, 0.15) is 29.7 Å². The summed E-state index contributed by atoms with van der Waals surface area (Å²) in [6.45, 7) is 1.58. The third-order valence-corrected chi connectivity index (χ3v) is 3.47. The molecule has 0 aliphatic heterocycles. The maximum absolute atomic E-state index is 13.1. The molecule has 0 bridgehead atoms. The Hall–Kier alpha value is -2.96. The topological polar surface area (TPSA) is 96.6 Å². The second kappa shape index (κ2) is 6.43. The number of aliphatic carboxylic acids is 1. The van der Waals surface area contributed by atoms with Crippen molar-refractivity contribution in [2.24, 2.45) is 0 Å². The second-order valence-corrected chi connectivity index (χ2v) is 4.88. The van der Waals surface area contributed by atoms with Crippen LogP contribution < -0.4 is 5.56 Å². The monoisotopic (exact) mass is 319 g/mol. The highest BCUT2D eigenvalue weighted by molar-refractivity contribution is 5.88. The summed E-state index contributed by atoms with van der Waals surface area (Å²) in [4.78, 5) is 35.0. The number of nitrogens with zero attached hydrogens (tertiary/aromatic N) is 1. The van der Waals surface area contributed by atoms with E-state index in [1.165, 1.54) is 30.3 Å². The van der Waals surface area contributed by atoms with E-state index in [4.69, 9.17) is 5.11 Å². The number of aromatic nitrogens is 1. The summed E-state index contributed by atoms with van der Waals surface area (Å²) in [5.41, 5.74) is -0.793. The fourth-order valence-electron chi connectivity index (χ4n) is 2.35. The number of halogens is 1. The van der Waals surface area contributed by atoms with Crippen molar-refractivity contribution in [1.82, 2.24) is 4.57 Å². The smallest absolute Gasteiger partial charge is 0.341 e. The molecule has 0 aliphatic carbocycles. The number of rotatable bonds is 5. The SMILES string of the molecule is CCC(C(=O)O)n1c(-c2ccc(F)cc2)ccc(C(=O)O)c1=O. The standard InChI is InChI=1S/C16H14FNO5/c1-2-12(16(22)23)18-13(9-3-5-10(17)6-4-9)8-7-11(14(18)19)15(20)21/h3-8,12H,2H2,1H3,(H,20,21)(H,22,23). The van der Waals surface area contributed by atoms with Crippen LogP contribution >= 0.6 is 0 Å². The van der Waals surface area contributed by atoms with Gasteiger partial charge in [0.2, 0.25) is 0 Å². The van der Waals surface area contributed by atoms with Crippen molar-refractivity contribution < 1.29 is 24.2 Å². The van der Waals surface area contributed by atoms with Crippen LogP contribution in [0.25, 0.3) is 11.3 Å². The molecule has 2 aromatic rings. The van der Waals surface area contributed by atoms with Gasteiger partial charge in [0.25, 0.3) is 5.56 Å². The van der Waals surface area contributed by atoms with Gasteiger partial charge in [-0.1, -0.05) is 6.92 Å². The highest BCUT2D eigenvalue weighted by Crippen LogP contribution is 2.23. The summed E-state index contributed by atoms with van der Waals surface area (Å²) in [6.07, 6.45) is 0.0898. The first-order valence-corrected chi connectivity index (χ1v) is 6.84. The molecule has 0 spiro atoms. The van der Waals surface area contributed by atoms with Crippen molar-refractivity contribution in [2.75, 3.05) is 0 Å². The lowest BCUT2D eigenvalue weighted by Crippen LogP contribution is -2.34. The van der Waals surface area contributed by atoms with Crippen molar-refractivity contribution in [1.29, 1.82) is 0 Å². The van der Waals surface area contributed by atoms with Crippen LogP contribution in [-0.2, 0) is 4.79 Å². The van der Waals surface area contributed by atoms with Gasteiger partial charge in [0, 0.05) is 0 Å². The lowest BCUT2D eigenvalue weighted by Gasteiger charge is -2.19. The molecule has 0 saturated carbocycles. The van der Waals surface area contributed by atoms with Crippen LogP contribution in [0.15, 0.2) is 41.2 Å². The molecule has 0 fully saturated rings. The van der Waals surface area contributed by atoms with Crippen LogP contribution in [-0.4, -0.2) is 26.7 Å². The molecule has 1 aromatic heterocycles. The fourth-order valence-corrected chi connectivity index (χ4v) is 2.35. The van der Waals surface area contributed by atoms with Gasteiger partial charge in [-0.3, -0.25) is 9.36 Å². The summed E-state index contributed by atoms with van der Waals surface area (Å²) < 4.78 is 14.0. The summed E-state index contributed by atoms with van der Waals surface area (Å²) in [7, 11) is 0. The lowest BCUT2D eigenvalue weighted by molar-refractivity contribution is -0.141. The molecular weight excluding hydrogens is 305 g/mol. The van der Waals surface area contributed by atoms with E-state index in [0.29, 0.717) is 5.56 Å². The van der Waals surface area contributed by atoms with Crippen molar-refractivity contribution in [3.05, 3.63) is 58.1 Å². The molecule has 0 aliphatic rings. The number of hydrogen-bond donors (Lipinski definition) is 2. The van der Waals surface area contributed by atoms with E-state index < -0.39 is 34.9 Å². The highest BCUT2D eigenvalue weighted by Gasteiger charge is 2.25. The number of pyridine rings is 1. The number of carboxylic acids is 2. The number of aromatic carboxylic acids is 1. The van der Waals surface area contributed by atoms with E-state index in [-0.39, 0.29) is 12.1 Å². The highest BCUT2D eigenvalue weighted by atomic mass is 19.1. The number of hydrogen-bond acceptors (Lipinski definition) is 3.